The van der Waals surface area contributed by atoms with Crippen molar-refractivity contribution in [3.05, 3.63) is 0 Å². The summed E-state index contributed by atoms with van der Waals surface area (Å²) in [5.74, 6) is 1.62. The van der Waals surface area contributed by atoms with Crippen LogP contribution in [-0.4, -0.2) is 68.7 Å². The lowest BCUT2D eigenvalue weighted by molar-refractivity contribution is -0.000722. The first-order valence-electron chi connectivity index (χ1n) is 9.64. The molecule has 2 rings (SSSR count). The minimum Gasteiger partial charge on any atom is -0.376 e. The molecule has 2 atom stereocenters. The van der Waals surface area contributed by atoms with Crippen LogP contribution in [0.1, 0.15) is 53.4 Å². The Bertz CT molecular complexity index is 560. The number of hydrogen-bond acceptors (Lipinski definition) is 4. The van der Waals surface area contributed by atoms with E-state index in [0.29, 0.717) is 38.3 Å². The van der Waals surface area contributed by atoms with E-state index in [1.165, 1.54) is 19.3 Å². The van der Waals surface area contributed by atoms with Gasteiger partial charge < -0.3 is 15.0 Å². The van der Waals surface area contributed by atoms with Crippen molar-refractivity contribution < 1.29 is 13.2 Å². The van der Waals surface area contributed by atoms with E-state index in [2.05, 4.69) is 22.1 Å². The minimum absolute atomic E-state index is 0.181. The molecule has 25 heavy (non-hydrogen) atoms. The summed E-state index contributed by atoms with van der Waals surface area (Å²) in [7, 11) is -3.04. The van der Waals surface area contributed by atoms with Crippen molar-refractivity contribution in [2.75, 3.05) is 38.5 Å². The summed E-state index contributed by atoms with van der Waals surface area (Å²) in [5, 5.41) is 3.29. The number of nitrogens with zero attached hydrogens (tertiary/aromatic N) is 2. The normalized spacial score (nSPS) is 29.4. The first kappa shape index (κ1) is 20.5. The molecule has 1 saturated carbocycles. The summed E-state index contributed by atoms with van der Waals surface area (Å²) in [6.45, 7) is 10.9. The Morgan fingerprint density at radius 3 is 2.68 bits per heavy atom. The van der Waals surface area contributed by atoms with Crippen molar-refractivity contribution in [1.29, 1.82) is 0 Å². The molecule has 1 N–H and O–H groups in total. The number of rotatable bonds is 5. The molecule has 0 aromatic carbocycles. The van der Waals surface area contributed by atoms with Gasteiger partial charge in [0.05, 0.1) is 29.8 Å². The molecule has 2 aliphatic rings. The van der Waals surface area contributed by atoms with Gasteiger partial charge in [-0.25, -0.2) is 8.42 Å². The highest BCUT2D eigenvalue weighted by Gasteiger charge is 2.40. The van der Waals surface area contributed by atoms with Crippen LogP contribution in [0, 0.1) is 5.92 Å². The van der Waals surface area contributed by atoms with Crippen LogP contribution in [0.3, 0.4) is 0 Å². The molecule has 0 aromatic rings. The van der Waals surface area contributed by atoms with Crippen molar-refractivity contribution >= 4 is 15.8 Å². The highest BCUT2D eigenvalue weighted by molar-refractivity contribution is 7.92. The van der Waals surface area contributed by atoms with Gasteiger partial charge >= 0.3 is 0 Å². The molecule has 0 bridgehead atoms. The van der Waals surface area contributed by atoms with E-state index in [-0.39, 0.29) is 5.75 Å². The molecule has 7 heteroatoms. The quantitative estimate of drug-likeness (QED) is 0.454. The minimum atomic E-state index is -3.04. The molecular formula is C18H35N3O3S. The average Bonchev–Trinajstić information content (AvgIpc) is 2.54. The Morgan fingerprint density at radius 1 is 1.32 bits per heavy atom. The maximum absolute atomic E-state index is 12.2. The van der Waals surface area contributed by atoms with Gasteiger partial charge in [-0.05, 0) is 39.5 Å². The van der Waals surface area contributed by atoms with E-state index in [1.807, 2.05) is 6.92 Å². The Kier molecular flexibility index (Phi) is 7.14. The van der Waals surface area contributed by atoms with Gasteiger partial charge in [-0.15, -0.1) is 0 Å². The third kappa shape index (κ3) is 5.33. The van der Waals surface area contributed by atoms with E-state index in [9.17, 15) is 8.42 Å². The Balaban J connectivity index is 1.90. The van der Waals surface area contributed by atoms with Gasteiger partial charge in [-0.2, -0.15) is 0 Å². The van der Waals surface area contributed by atoms with Gasteiger partial charge in [0.2, 0.25) is 0 Å². The number of nitrogens with one attached hydrogen (secondary N) is 1. The largest absolute Gasteiger partial charge is 0.376 e. The summed E-state index contributed by atoms with van der Waals surface area (Å²) in [6.07, 6.45) is 5.36. The molecule has 1 aliphatic carbocycles. The third-order valence-corrected chi connectivity index (χ3v) is 7.93. The smallest absolute Gasteiger partial charge is 0.194 e. The molecule has 6 nitrogen and oxygen atoms in total. The lowest BCUT2D eigenvalue weighted by atomic mass is 9.88. The topological polar surface area (TPSA) is 71.0 Å². The second kappa shape index (κ2) is 8.71. The van der Waals surface area contributed by atoms with Gasteiger partial charge in [0.1, 0.15) is 0 Å². The Morgan fingerprint density at radius 2 is 2.04 bits per heavy atom. The molecule has 0 radical (unpaired) electrons. The van der Waals surface area contributed by atoms with Crippen LogP contribution in [0.4, 0.5) is 0 Å². The molecule has 0 aromatic heterocycles. The van der Waals surface area contributed by atoms with Gasteiger partial charge in [0, 0.05) is 19.6 Å². The maximum Gasteiger partial charge on any atom is 0.194 e. The van der Waals surface area contributed by atoms with Crippen LogP contribution < -0.4 is 5.32 Å². The van der Waals surface area contributed by atoms with E-state index in [4.69, 9.17) is 4.74 Å². The van der Waals surface area contributed by atoms with Gasteiger partial charge in [-0.3, -0.25) is 4.99 Å². The lowest BCUT2D eigenvalue weighted by Gasteiger charge is -2.39. The third-order valence-electron chi connectivity index (χ3n) is 5.40. The van der Waals surface area contributed by atoms with Crippen molar-refractivity contribution in [1.82, 2.24) is 10.2 Å². The van der Waals surface area contributed by atoms with Crippen LogP contribution >= 0.6 is 0 Å². The Labute approximate surface area is 153 Å². The highest BCUT2D eigenvalue weighted by atomic mass is 32.2. The second-order valence-corrected chi connectivity index (χ2v) is 10.6. The fraction of sp³-hybridized carbons (Fsp3) is 0.944. The lowest BCUT2D eigenvalue weighted by Crippen LogP contribution is -2.57. The number of sulfone groups is 1. The predicted octanol–water partition coefficient (Wildman–Crippen LogP) is 2.06. The first-order chi connectivity index (χ1) is 11.8. The van der Waals surface area contributed by atoms with Gasteiger partial charge in [0.15, 0.2) is 15.8 Å². The van der Waals surface area contributed by atoms with Crippen LogP contribution in [-0.2, 0) is 14.6 Å². The van der Waals surface area contributed by atoms with Crippen LogP contribution in [0.2, 0.25) is 0 Å². The molecule has 0 amide bonds. The van der Waals surface area contributed by atoms with Crippen molar-refractivity contribution in [3.63, 3.8) is 0 Å². The van der Waals surface area contributed by atoms with E-state index in [1.54, 1.807) is 13.8 Å². The summed E-state index contributed by atoms with van der Waals surface area (Å²) in [4.78, 5) is 6.73. The zero-order chi connectivity index (χ0) is 18.5. The van der Waals surface area contributed by atoms with Crippen LogP contribution in [0.25, 0.3) is 0 Å². The second-order valence-electron chi connectivity index (χ2n) is 7.91. The fourth-order valence-electron chi connectivity index (χ4n) is 3.64. The number of ether oxygens (including phenoxy) is 1. The summed E-state index contributed by atoms with van der Waals surface area (Å²) in [6, 6.07) is 0. The number of guanidine groups is 1. The monoisotopic (exact) mass is 373 g/mol. The zero-order valence-corrected chi connectivity index (χ0v) is 17.1. The summed E-state index contributed by atoms with van der Waals surface area (Å²) < 4.78 is 29.7. The first-order valence-corrected chi connectivity index (χ1v) is 11.3. The molecule has 1 aliphatic heterocycles. The molecule has 1 heterocycles. The zero-order valence-electron chi connectivity index (χ0n) is 16.3. The van der Waals surface area contributed by atoms with Gasteiger partial charge in [-0.1, -0.05) is 19.8 Å². The highest BCUT2D eigenvalue weighted by Crippen LogP contribution is 2.26. The fourth-order valence-corrected chi connectivity index (χ4v) is 5.00. The summed E-state index contributed by atoms with van der Waals surface area (Å²) in [5.41, 5.74) is 0. The van der Waals surface area contributed by atoms with Crippen molar-refractivity contribution in [2.24, 2.45) is 10.9 Å². The molecule has 0 spiro atoms. The van der Waals surface area contributed by atoms with Crippen molar-refractivity contribution in [3.8, 4) is 0 Å². The standard InChI is InChI=1S/C18H35N3O3S/c1-5-19-17(21-11-13-25(22,23)18(3,4)14-21)20-10-12-24-16-9-7-6-8-15(16)2/h15-16H,5-14H2,1-4H3,(H,19,20). The number of hydrogen-bond donors (Lipinski definition) is 1. The predicted molar refractivity (Wildman–Crippen MR) is 103 cm³/mol. The van der Waals surface area contributed by atoms with E-state index in [0.717, 1.165) is 18.9 Å². The molecule has 1 saturated heterocycles. The molecule has 146 valence electrons. The summed E-state index contributed by atoms with van der Waals surface area (Å²) >= 11 is 0. The molecule has 2 unspecified atom stereocenters. The maximum atomic E-state index is 12.2. The number of aliphatic imine (C=N–C) groups is 1. The Hall–Kier alpha value is -0.820. The van der Waals surface area contributed by atoms with Crippen LogP contribution in [0.15, 0.2) is 4.99 Å². The average molecular weight is 374 g/mol. The van der Waals surface area contributed by atoms with Crippen molar-refractivity contribution in [2.45, 2.75) is 64.2 Å². The van der Waals surface area contributed by atoms with E-state index >= 15 is 0 Å². The molecular weight excluding hydrogens is 338 g/mol. The molecule has 2 fully saturated rings. The SMILES string of the molecule is CCNC(=NCCOC1CCCCC1C)N1CCS(=O)(=O)C(C)(C)C1. The van der Waals surface area contributed by atoms with Gasteiger partial charge in [0.25, 0.3) is 0 Å². The van der Waals surface area contributed by atoms with E-state index < -0.39 is 14.6 Å². The van der Waals surface area contributed by atoms with Crippen LogP contribution in [0.5, 0.6) is 0 Å².